The highest BCUT2D eigenvalue weighted by atomic mass is 35.5. The predicted molar refractivity (Wildman–Crippen MR) is 107 cm³/mol. The average Bonchev–Trinajstić information content (AvgIpc) is 2.68. The van der Waals surface area contributed by atoms with Gasteiger partial charge in [-0.1, -0.05) is 23.7 Å². The van der Waals surface area contributed by atoms with E-state index in [0.717, 1.165) is 12.3 Å². The van der Waals surface area contributed by atoms with E-state index in [4.69, 9.17) is 11.6 Å². The number of nitro benzene ring substituents is 1. The summed E-state index contributed by atoms with van der Waals surface area (Å²) < 4.78 is 22.9. The minimum atomic E-state index is -3.43. The van der Waals surface area contributed by atoms with Gasteiger partial charge in [-0.15, -0.1) is 10.2 Å². The third kappa shape index (κ3) is 4.73. The third-order valence-electron chi connectivity index (χ3n) is 3.86. The third-order valence-corrected chi connectivity index (χ3v) is 5.16. The predicted octanol–water partition coefficient (Wildman–Crippen LogP) is 3.36. The fraction of sp³-hybridized carbons (Fsp3) is 0.0556. The molecule has 2 aromatic carbocycles. The molecule has 0 aliphatic heterocycles. The van der Waals surface area contributed by atoms with Gasteiger partial charge in [-0.2, -0.15) is 0 Å². The molecule has 0 aliphatic carbocycles. The highest BCUT2D eigenvalue weighted by Gasteiger charge is 2.16. The molecule has 0 saturated carbocycles. The largest absolute Gasteiger partial charge is 0.322 e. The summed E-state index contributed by atoms with van der Waals surface area (Å²) in [5.74, 6) is -0.533. The van der Waals surface area contributed by atoms with Crippen LogP contribution in [0.1, 0.15) is 10.4 Å². The number of aromatic nitrogens is 2. The first-order chi connectivity index (χ1) is 13.6. The Balaban J connectivity index is 1.76. The van der Waals surface area contributed by atoms with Crippen LogP contribution in [0.15, 0.2) is 59.6 Å². The van der Waals surface area contributed by atoms with Gasteiger partial charge in [0.2, 0.25) is 0 Å². The van der Waals surface area contributed by atoms with Gasteiger partial charge in [0.05, 0.1) is 10.6 Å². The number of carbonyl (C=O) groups is 1. The number of anilines is 1. The molecule has 0 radical (unpaired) electrons. The van der Waals surface area contributed by atoms with Crippen molar-refractivity contribution in [1.82, 2.24) is 10.2 Å². The lowest BCUT2D eigenvalue weighted by molar-refractivity contribution is -0.384. The Hall–Kier alpha value is -3.37. The number of nitrogens with zero attached hydrogens (tertiary/aromatic N) is 3. The normalized spacial score (nSPS) is 11.1. The molecule has 1 aromatic heterocycles. The second-order valence-corrected chi connectivity index (χ2v) is 8.35. The number of carbonyl (C=O) groups excluding carboxylic acids is 1. The first kappa shape index (κ1) is 20.4. The van der Waals surface area contributed by atoms with E-state index in [0.29, 0.717) is 16.9 Å². The molecule has 11 heteroatoms. The first-order valence-electron chi connectivity index (χ1n) is 8.04. The zero-order valence-electron chi connectivity index (χ0n) is 14.9. The fourth-order valence-electron chi connectivity index (χ4n) is 2.39. The van der Waals surface area contributed by atoms with Crippen molar-refractivity contribution in [2.24, 2.45) is 0 Å². The van der Waals surface area contributed by atoms with E-state index in [1.165, 1.54) is 24.3 Å². The molecule has 0 unspecified atom stereocenters. The van der Waals surface area contributed by atoms with E-state index in [1.54, 1.807) is 24.3 Å². The number of amides is 1. The molecule has 1 amide bonds. The van der Waals surface area contributed by atoms with Crippen molar-refractivity contribution in [3.05, 3.63) is 75.3 Å². The van der Waals surface area contributed by atoms with Gasteiger partial charge in [0.25, 0.3) is 11.6 Å². The number of hydrogen-bond acceptors (Lipinski definition) is 7. The standard InChI is InChI=1S/C18H13ClN4O5S/c1-29(27,28)17-9-8-15(21-22-17)11-2-5-13(6-3-11)20-18(24)12-4-7-14(19)16(10-12)23(25)26/h2-10H,1H3,(H,20,24). The van der Waals surface area contributed by atoms with Crippen molar-refractivity contribution in [2.75, 3.05) is 11.6 Å². The van der Waals surface area contributed by atoms with Gasteiger partial charge in [0.15, 0.2) is 14.9 Å². The van der Waals surface area contributed by atoms with Crippen LogP contribution in [0, 0.1) is 10.1 Å². The van der Waals surface area contributed by atoms with Gasteiger partial charge >= 0.3 is 0 Å². The summed E-state index contributed by atoms with van der Waals surface area (Å²) in [6, 6.07) is 13.2. The lowest BCUT2D eigenvalue weighted by Gasteiger charge is -2.07. The van der Waals surface area contributed by atoms with Crippen molar-refractivity contribution >= 4 is 38.7 Å². The van der Waals surface area contributed by atoms with Crippen LogP contribution in [-0.2, 0) is 9.84 Å². The maximum Gasteiger partial charge on any atom is 0.288 e. The minimum absolute atomic E-state index is 0.0566. The zero-order chi connectivity index (χ0) is 21.2. The van der Waals surface area contributed by atoms with E-state index < -0.39 is 20.7 Å². The van der Waals surface area contributed by atoms with E-state index in [2.05, 4.69) is 15.5 Å². The van der Waals surface area contributed by atoms with Crippen LogP contribution in [0.2, 0.25) is 5.02 Å². The van der Waals surface area contributed by atoms with Crippen LogP contribution >= 0.6 is 11.6 Å². The van der Waals surface area contributed by atoms with Crippen LogP contribution in [0.3, 0.4) is 0 Å². The van der Waals surface area contributed by atoms with Crippen LogP contribution in [-0.4, -0.2) is 35.7 Å². The van der Waals surface area contributed by atoms with Crippen LogP contribution in [0.4, 0.5) is 11.4 Å². The maximum atomic E-state index is 12.3. The summed E-state index contributed by atoms with van der Waals surface area (Å²) in [4.78, 5) is 22.6. The molecule has 1 N–H and O–H groups in total. The van der Waals surface area contributed by atoms with Gasteiger partial charge in [-0.3, -0.25) is 14.9 Å². The number of nitrogens with one attached hydrogen (secondary N) is 1. The van der Waals surface area contributed by atoms with Gasteiger partial charge in [-0.25, -0.2) is 8.42 Å². The monoisotopic (exact) mass is 432 g/mol. The number of hydrogen-bond donors (Lipinski definition) is 1. The molecular weight excluding hydrogens is 420 g/mol. The summed E-state index contributed by atoms with van der Waals surface area (Å²) in [6.45, 7) is 0. The number of halogens is 1. The van der Waals surface area contributed by atoms with E-state index in [9.17, 15) is 23.3 Å². The van der Waals surface area contributed by atoms with Crippen LogP contribution < -0.4 is 5.32 Å². The molecule has 0 atom stereocenters. The lowest BCUT2D eigenvalue weighted by Crippen LogP contribution is -2.12. The molecule has 0 saturated heterocycles. The lowest BCUT2D eigenvalue weighted by atomic mass is 10.1. The van der Waals surface area contributed by atoms with Crippen molar-refractivity contribution < 1.29 is 18.1 Å². The van der Waals surface area contributed by atoms with Gasteiger partial charge in [-0.05, 0) is 36.4 Å². The molecule has 3 rings (SSSR count). The molecule has 1 heterocycles. The van der Waals surface area contributed by atoms with Crippen molar-refractivity contribution in [1.29, 1.82) is 0 Å². The van der Waals surface area contributed by atoms with E-state index in [-0.39, 0.29) is 21.3 Å². The van der Waals surface area contributed by atoms with Crippen molar-refractivity contribution in [3.63, 3.8) is 0 Å². The molecule has 0 spiro atoms. The van der Waals surface area contributed by atoms with E-state index >= 15 is 0 Å². The van der Waals surface area contributed by atoms with Crippen LogP contribution in [0.5, 0.6) is 0 Å². The van der Waals surface area contributed by atoms with Gasteiger partial charge in [0.1, 0.15) is 5.02 Å². The highest BCUT2D eigenvalue weighted by molar-refractivity contribution is 7.90. The molecule has 0 fully saturated rings. The Bertz CT molecular complexity index is 1200. The van der Waals surface area contributed by atoms with Crippen molar-refractivity contribution in [2.45, 2.75) is 5.03 Å². The second-order valence-electron chi connectivity index (χ2n) is 5.98. The van der Waals surface area contributed by atoms with Gasteiger partial charge < -0.3 is 5.32 Å². The molecule has 29 heavy (non-hydrogen) atoms. The molecule has 3 aromatic rings. The average molecular weight is 433 g/mol. The maximum absolute atomic E-state index is 12.3. The minimum Gasteiger partial charge on any atom is -0.322 e. The van der Waals surface area contributed by atoms with E-state index in [1.807, 2.05) is 0 Å². The molecule has 0 bridgehead atoms. The van der Waals surface area contributed by atoms with Crippen LogP contribution in [0.25, 0.3) is 11.3 Å². The topological polar surface area (TPSA) is 132 Å². The summed E-state index contributed by atoms with van der Waals surface area (Å²) >= 11 is 5.75. The van der Waals surface area contributed by atoms with Crippen molar-refractivity contribution in [3.8, 4) is 11.3 Å². The first-order valence-corrected chi connectivity index (χ1v) is 10.3. The Morgan fingerprint density at radius 3 is 2.31 bits per heavy atom. The number of benzene rings is 2. The number of nitro groups is 1. The molecular formula is C18H13ClN4O5S. The summed E-state index contributed by atoms with van der Waals surface area (Å²) in [5, 5.41) is 21.0. The molecule has 148 valence electrons. The Kier molecular flexibility index (Phi) is 5.57. The zero-order valence-corrected chi connectivity index (χ0v) is 16.4. The summed E-state index contributed by atoms with van der Waals surface area (Å²) in [6.07, 6.45) is 1.05. The molecule has 0 aliphatic rings. The molecule has 9 nitrogen and oxygen atoms in total. The number of rotatable bonds is 5. The Labute approximate surface area is 170 Å². The Morgan fingerprint density at radius 1 is 1.07 bits per heavy atom. The number of sulfone groups is 1. The SMILES string of the molecule is CS(=O)(=O)c1ccc(-c2ccc(NC(=O)c3ccc(Cl)c([N+](=O)[O-])c3)cc2)nn1. The summed E-state index contributed by atoms with van der Waals surface area (Å²) in [7, 11) is -3.43. The fourth-order valence-corrected chi connectivity index (χ4v) is 3.08. The Morgan fingerprint density at radius 2 is 1.76 bits per heavy atom. The second kappa shape index (κ2) is 7.94. The summed E-state index contributed by atoms with van der Waals surface area (Å²) in [5.41, 5.74) is 1.32. The quantitative estimate of drug-likeness (QED) is 0.482. The smallest absolute Gasteiger partial charge is 0.288 e. The highest BCUT2D eigenvalue weighted by Crippen LogP contribution is 2.26. The van der Waals surface area contributed by atoms with Gasteiger partial charge in [0, 0.05) is 29.1 Å².